The molecule has 1 aromatic rings. The van der Waals surface area contributed by atoms with E-state index < -0.39 is 22.2 Å². The Morgan fingerprint density at radius 2 is 1.90 bits per heavy atom. The van der Waals surface area contributed by atoms with Gasteiger partial charge in [-0.25, -0.2) is 8.42 Å². The van der Waals surface area contributed by atoms with E-state index in [4.69, 9.17) is 4.74 Å². The minimum Gasteiger partial charge on any atom is -0.479 e. The Bertz CT molecular complexity index is 956. The molecule has 1 saturated carbocycles. The quantitative estimate of drug-likeness (QED) is 0.755. The smallest absolute Gasteiger partial charge is 0.265 e. The van der Waals surface area contributed by atoms with Crippen LogP contribution in [-0.2, 0) is 19.6 Å². The number of rotatable bonds is 4. The molecule has 164 valence electrons. The number of nitrogens with zero attached hydrogens (tertiary/aromatic N) is 1. The lowest BCUT2D eigenvalue weighted by atomic mass is 9.95. The predicted molar refractivity (Wildman–Crippen MR) is 112 cm³/mol. The highest BCUT2D eigenvalue weighted by molar-refractivity contribution is 7.89. The maximum atomic E-state index is 13.5. The molecule has 2 aliphatic heterocycles. The van der Waals surface area contributed by atoms with Crippen LogP contribution in [0.25, 0.3) is 0 Å². The van der Waals surface area contributed by atoms with E-state index >= 15 is 0 Å². The molecular weight excluding hydrogens is 406 g/mol. The van der Waals surface area contributed by atoms with E-state index in [1.54, 1.807) is 19.9 Å². The van der Waals surface area contributed by atoms with E-state index in [9.17, 15) is 18.0 Å². The largest absolute Gasteiger partial charge is 0.479 e. The minimum atomic E-state index is -3.89. The second-order valence-electron chi connectivity index (χ2n) is 8.48. The molecule has 2 N–H and O–H groups in total. The summed E-state index contributed by atoms with van der Waals surface area (Å²) >= 11 is 0. The van der Waals surface area contributed by atoms with Gasteiger partial charge in [-0.3, -0.25) is 9.59 Å². The second kappa shape index (κ2) is 8.19. The summed E-state index contributed by atoms with van der Waals surface area (Å²) in [6.45, 7) is 3.61. The van der Waals surface area contributed by atoms with Gasteiger partial charge in [0.1, 0.15) is 11.8 Å². The van der Waals surface area contributed by atoms with Crippen molar-refractivity contribution in [3.05, 3.63) is 17.7 Å². The van der Waals surface area contributed by atoms with Gasteiger partial charge in [0.15, 0.2) is 6.10 Å². The molecule has 4 rings (SSSR count). The van der Waals surface area contributed by atoms with E-state index in [-0.39, 0.29) is 22.8 Å². The number of aryl methyl sites for hydroxylation is 1. The molecule has 9 heteroatoms. The summed E-state index contributed by atoms with van der Waals surface area (Å²) in [5, 5.41) is 5.81. The highest BCUT2D eigenvalue weighted by Crippen LogP contribution is 2.37. The van der Waals surface area contributed by atoms with Crippen molar-refractivity contribution >= 4 is 27.5 Å². The van der Waals surface area contributed by atoms with Crippen LogP contribution in [0.1, 0.15) is 57.4 Å². The van der Waals surface area contributed by atoms with Gasteiger partial charge in [-0.2, -0.15) is 4.31 Å². The highest BCUT2D eigenvalue weighted by Gasteiger charge is 2.41. The lowest BCUT2D eigenvalue weighted by molar-refractivity contribution is -0.125. The summed E-state index contributed by atoms with van der Waals surface area (Å²) in [5.41, 5.74) is 0.966. The average molecular weight is 436 g/mol. The fraction of sp³-hybridized carbons (Fsp3) is 0.619. The number of anilines is 1. The molecule has 0 spiro atoms. The number of amides is 2. The van der Waals surface area contributed by atoms with Crippen LogP contribution >= 0.6 is 0 Å². The number of hydrogen-bond acceptors (Lipinski definition) is 5. The number of fused-ring (bicyclic) bond motifs is 1. The third-order valence-corrected chi connectivity index (χ3v) is 8.30. The fourth-order valence-electron chi connectivity index (χ4n) is 4.58. The van der Waals surface area contributed by atoms with Crippen molar-refractivity contribution in [3.8, 4) is 5.75 Å². The maximum Gasteiger partial charge on any atom is 0.265 e. The third-order valence-electron chi connectivity index (χ3n) is 6.25. The van der Waals surface area contributed by atoms with Crippen molar-refractivity contribution in [1.82, 2.24) is 9.62 Å². The molecule has 0 bridgehead atoms. The maximum absolute atomic E-state index is 13.5. The molecule has 0 radical (unpaired) electrons. The first-order valence-corrected chi connectivity index (χ1v) is 12.2. The van der Waals surface area contributed by atoms with Crippen molar-refractivity contribution in [2.24, 2.45) is 0 Å². The van der Waals surface area contributed by atoms with Crippen LogP contribution in [0, 0.1) is 6.92 Å². The number of ether oxygens (including phenoxy) is 1. The van der Waals surface area contributed by atoms with Gasteiger partial charge in [0.2, 0.25) is 15.9 Å². The predicted octanol–water partition coefficient (Wildman–Crippen LogP) is 2.32. The Labute approximate surface area is 177 Å². The monoisotopic (exact) mass is 435 g/mol. The number of nitrogens with one attached hydrogen (secondary N) is 2. The second-order valence-corrected chi connectivity index (χ2v) is 10.3. The first kappa shape index (κ1) is 21.1. The zero-order chi connectivity index (χ0) is 21.5. The van der Waals surface area contributed by atoms with Crippen molar-refractivity contribution < 1.29 is 22.7 Å². The van der Waals surface area contributed by atoms with Gasteiger partial charge < -0.3 is 15.4 Å². The first-order valence-electron chi connectivity index (χ1n) is 10.7. The molecule has 2 unspecified atom stereocenters. The van der Waals surface area contributed by atoms with Crippen LogP contribution in [-0.4, -0.2) is 49.3 Å². The van der Waals surface area contributed by atoms with E-state index in [1.165, 1.54) is 16.8 Å². The van der Waals surface area contributed by atoms with Crippen molar-refractivity contribution in [2.45, 2.75) is 81.9 Å². The molecule has 3 aliphatic rings. The van der Waals surface area contributed by atoms with Crippen LogP contribution in [0.15, 0.2) is 17.0 Å². The van der Waals surface area contributed by atoms with Crippen molar-refractivity contribution in [1.29, 1.82) is 0 Å². The minimum absolute atomic E-state index is 0.113. The Hall–Kier alpha value is -2.13. The van der Waals surface area contributed by atoms with Gasteiger partial charge in [0.05, 0.1) is 10.6 Å². The number of benzene rings is 1. The molecular formula is C21H29N3O5S. The topological polar surface area (TPSA) is 105 Å². The standard InChI is InChI=1S/C21H29N3O5S/c1-13-11-16-18(29-14(2)20(25)23-16)12-19(13)30(27,28)24-10-6-9-17(24)21(26)22-15-7-4-3-5-8-15/h11-12,14-15,17H,3-10H2,1-2H3,(H,22,26)(H,23,25). The Kier molecular flexibility index (Phi) is 5.76. The molecule has 1 saturated heterocycles. The molecule has 1 aliphatic carbocycles. The van der Waals surface area contributed by atoms with Gasteiger partial charge in [0, 0.05) is 18.7 Å². The highest BCUT2D eigenvalue weighted by atomic mass is 32.2. The van der Waals surface area contributed by atoms with Gasteiger partial charge in [-0.15, -0.1) is 0 Å². The van der Waals surface area contributed by atoms with E-state index in [2.05, 4.69) is 10.6 Å². The summed E-state index contributed by atoms with van der Waals surface area (Å²) in [6, 6.07) is 2.52. The summed E-state index contributed by atoms with van der Waals surface area (Å²) in [7, 11) is -3.89. The van der Waals surface area contributed by atoms with Gasteiger partial charge in [-0.05, 0) is 51.2 Å². The molecule has 8 nitrogen and oxygen atoms in total. The lowest BCUT2D eigenvalue weighted by Gasteiger charge is -2.29. The van der Waals surface area contributed by atoms with Crippen LogP contribution in [0.5, 0.6) is 5.75 Å². The summed E-state index contributed by atoms with van der Waals surface area (Å²) in [4.78, 5) is 24.9. The number of sulfonamides is 1. The van der Waals surface area contributed by atoms with E-state index in [1.807, 2.05) is 0 Å². The third kappa shape index (κ3) is 3.92. The average Bonchev–Trinajstić information content (AvgIpc) is 3.20. The molecule has 2 amide bonds. The molecule has 0 aromatic heterocycles. The van der Waals surface area contributed by atoms with Crippen molar-refractivity contribution in [2.75, 3.05) is 11.9 Å². The zero-order valence-corrected chi connectivity index (χ0v) is 18.3. The van der Waals surface area contributed by atoms with Gasteiger partial charge in [-0.1, -0.05) is 19.3 Å². The number of carbonyl (C=O) groups excluding carboxylic acids is 2. The normalized spacial score (nSPS) is 25.3. The molecule has 30 heavy (non-hydrogen) atoms. The van der Waals surface area contributed by atoms with Crippen LogP contribution in [0.2, 0.25) is 0 Å². The summed E-state index contributed by atoms with van der Waals surface area (Å²) in [5.74, 6) is -0.138. The van der Waals surface area contributed by atoms with Crippen LogP contribution in [0.3, 0.4) is 0 Å². The Morgan fingerprint density at radius 1 is 1.17 bits per heavy atom. The van der Waals surface area contributed by atoms with E-state index in [0.29, 0.717) is 36.4 Å². The van der Waals surface area contributed by atoms with Crippen LogP contribution in [0.4, 0.5) is 5.69 Å². The molecule has 1 aromatic carbocycles. The number of carbonyl (C=O) groups is 2. The fourth-order valence-corrected chi connectivity index (χ4v) is 6.46. The Balaban J connectivity index is 1.58. The first-order chi connectivity index (χ1) is 14.3. The molecule has 2 atom stereocenters. The van der Waals surface area contributed by atoms with Crippen molar-refractivity contribution in [3.63, 3.8) is 0 Å². The summed E-state index contributed by atoms with van der Waals surface area (Å²) < 4.78 is 33.9. The van der Waals surface area contributed by atoms with E-state index in [0.717, 1.165) is 25.7 Å². The lowest BCUT2D eigenvalue weighted by Crippen LogP contribution is -2.49. The number of hydrogen-bond donors (Lipinski definition) is 2. The van der Waals surface area contributed by atoms with Crippen LogP contribution < -0.4 is 15.4 Å². The Morgan fingerprint density at radius 3 is 2.63 bits per heavy atom. The SMILES string of the molecule is Cc1cc2c(cc1S(=O)(=O)N1CCCC1C(=O)NC1CCCCC1)OC(C)C(=O)N2. The van der Waals surface area contributed by atoms with Gasteiger partial charge in [0.25, 0.3) is 5.91 Å². The zero-order valence-electron chi connectivity index (χ0n) is 17.4. The van der Waals surface area contributed by atoms with Gasteiger partial charge >= 0.3 is 0 Å². The summed E-state index contributed by atoms with van der Waals surface area (Å²) in [6.07, 6.45) is 5.77. The molecule has 2 heterocycles. The molecule has 2 fully saturated rings.